The maximum Gasteiger partial charge on any atom is 0.246 e. The Kier molecular flexibility index (Phi) is 3.62. The van der Waals surface area contributed by atoms with Crippen LogP contribution in [-0.4, -0.2) is 15.7 Å². The van der Waals surface area contributed by atoms with Crippen LogP contribution >= 0.6 is 22.6 Å². The van der Waals surface area contributed by atoms with E-state index >= 15 is 0 Å². The van der Waals surface area contributed by atoms with Crippen molar-refractivity contribution >= 4 is 40.0 Å². The van der Waals surface area contributed by atoms with Gasteiger partial charge >= 0.3 is 0 Å². The molecule has 0 atom stereocenters. The van der Waals surface area contributed by atoms with Crippen LogP contribution in [0.1, 0.15) is 0 Å². The van der Waals surface area contributed by atoms with Crippen molar-refractivity contribution in [2.24, 2.45) is 0 Å². The second-order valence-electron chi connectivity index (χ2n) is 3.49. The summed E-state index contributed by atoms with van der Waals surface area (Å²) >= 11 is 2.21. The first-order valence-electron chi connectivity index (χ1n) is 4.98. The van der Waals surface area contributed by atoms with Gasteiger partial charge in [0.15, 0.2) is 0 Å². The number of nitrogens with two attached hydrogens (primary N) is 1. The molecule has 17 heavy (non-hydrogen) atoms. The second kappa shape index (κ2) is 5.17. The number of hydrogen-bond donors (Lipinski definition) is 2. The van der Waals surface area contributed by atoms with Crippen molar-refractivity contribution in [3.8, 4) is 0 Å². The number of nitrogen functional groups attached to an aromatic ring is 1. The molecule has 1 aromatic heterocycles. The molecule has 6 heteroatoms. The highest BCUT2D eigenvalue weighted by Gasteiger charge is 2.04. The molecule has 5 nitrogen and oxygen atoms in total. The van der Waals surface area contributed by atoms with Gasteiger partial charge in [-0.1, -0.05) is 0 Å². The summed E-state index contributed by atoms with van der Waals surface area (Å²) in [7, 11) is 0. The van der Waals surface area contributed by atoms with Gasteiger partial charge in [-0.3, -0.25) is 9.48 Å². The quantitative estimate of drug-likeness (QED) is 0.834. The maximum atomic E-state index is 11.7. The number of rotatable bonds is 3. The van der Waals surface area contributed by atoms with Crippen LogP contribution in [0.25, 0.3) is 0 Å². The Morgan fingerprint density at radius 3 is 2.65 bits per heavy atom. The minimum atomic E-state index is -0.130. The van der Waals surface area contributed by atoms with Crippen LogP contribution in [0.2, 0.25) is 0 Å². The van der Waals surface area contributed by atoms with Gasteiger partial charge in [-0.2, -0.15) is 5.10 Å². The van der Waals surface area contributed by atoms with Crippen molar-refractivity contribution < 1.29 is 4.79 Å². The third-order valence-electron chi connectivity index (χ3n) is 2.09. The molecule has 1 amide bonds. The van der Waals surface area contributed by atoms with Gasteiger partial charge in [-0.15, -0.1) is 0 Å². The summed E-state index contributed by atoms with van der Waals surface area (Å²) in [5.41, 5.74) is 6.23. The van der Waals surface area contributed by atoms with E-state index in [2.05, 4.69) is 33.0 Å². The molecular formula is C11H11IN4O. The van der Waals surface area contributed by atoms with Crippen LogP contribution in [0.3, 0.4) is 0 Å². The Morgan fingerprint density at radius 2 is 2.06 bits per heavy atom. The van der Waals surface area contributed by atoms with Crippen molar-refractivity contribution in [3.63, 3.8) is 0 Å². The molecule has 0 bridgehead atoms. The fraction of sp³-hybridized carbons (Fsp3) is 0.0909. The third-order valence-corrected chi connectivity index (χ3v) is 2.81. The molecule has 0 fully saturated rings. The molecule has 3 N–H and O–H groups in total. The van der Waals surface area contributed by atoms with Crippen LogP contribution < -0.4 is 11.1 Å². The summed E-state index contributed by atoms with van der Waals surface area (Å²) in [4.78, 5) is 11.7. The molecule has 1 heterocycles. The molecule has 0 aliphatic heterocycles. The molecule has 0 aliphatic carbocycles. The second-order valence-corrected chi connectivity index (χ2v) is 4.74. The summed E-state index contributed by atoms with van der Waals surface area (Å²) in [5, 5.41) is 6.72. The van der Waals surface area contributed by atoms with Crippen molar-refractivity contribution in [2.75, 3.05) is 11.1 Å². The van der Waals surface area contributed by atoms with Crippen LogP contribution in [0.4, 0.5) is 11.5 Å². The van der Waals surface area contributed by atoms with E-state index < -0.39 is 0 Å². The average Bonchev–Trinajstić information content (AvgIpc) is 2.67. The number of benzene rings is 1. The highest BCUT2D eigenvalue weighted by molar-refractivity contribution is 14.1. The van der Waals surface area contributed by atoms with Gasteiger partial charge in [0.2, 0.25) is 5.91 Å². The van der Waals surface area contributed by atoms with Crippen LogP contribution in [0, 0.1) is 3.57 Å². The van der Waals surface area contributed by atoms with Crippen molar-refractivity contribution in [3.05, 3.63) is 40.1 Å². The minimum absolute atomic E-state index is 0.130. The highest BCUT2D eigenvalue weighted by Crippen LogP contribution is 2.11. The summed E-state index contributed by atoms with van der Waals surface area (Å²) < 4.78 is 2.62. The topological polar surface area (TPSA) is 72.9 Å². The molecule has 0 unspecified atom stereocenters. The first kappa shape index (κ1) is 11.9. The number of nitrogens with zero attached hydrogens (tertiary/aromatic N) is 2. The lowest BCUT2D eigenvalue weighted by molar-refractivity contribution is -0.116. The predicted molar refractivity (Wildman–Crippen MR) is 74.4 cm³/mol. The van der Waals surface area contributed by atoms with Crippen molar-refractivity contribution in [1.82, 2.24) is 9.78 Å². The SMILES string of the molecule is Nc1ccn(CC(=O)Nc2ccc(I)cc2)n1. The normalized spacial score (nSPS) is 10.2. The Morgan fingerprint density at radius 1 is 1.35 bits per heavy atom. The van der Waals surface area contributed by atoms with Gasteiger partial charge < -0.3 is 11.1 Å². The number of carbonyl (C=O) groups excluding carboxylic acids is 1. The smallest absolute Gasteiger partial charge is 0.246 e. The third kappa shape index (κ3) is 3.45. The zero-order valence-corrected chi connectivity index (χ0v) is 11.1. The number of hydrogen-bond acceptors (Lipinski definition) is 3. The molecule has 0 saturated carbocycles. The van der Waals surface area contributed by atoms with Crippen molar-refractivity contribution in [1.29, 1.82) is 0 Å². The van der Waals surface area contributed by atoms with E-state index in [1.807, 2.05) is 24.3 Å². The lowest BCUT2D eigenvalue weighted by Gasteiger charge is -2.05. The average molecular weight is 342 g/mol. The highest BCUT2D eigenvalue weighted by atomic mass is 127. The van der Waals surface area contributed by atoms with E-state index in [4.69, 9.17) is 5.73 Å². The summed E-state index contributed by atoms with van der Waals surface area (Å²) in [5.74, 6) is 0.279. The first-order valence-corrected chi connectivity index (χ1v) is 6.06. The van der Waals surface area contributed by atoms with E-state index in [0.717, 1.165) is 9.26 Å². The van der Waals surface area contributed by atoms with Crippen molar-refractivity contribution in [2.45, 2.75) is 6.54 Å². The lowest BCUT2D eigenvalue weighted by Crippen LogP contribution is -2.19. The molecular weight excluding hydrogens is 331 g/mol. The van der Waals surface area contributed by atoms with E-state index in [1.165, 1.54) is 4.68 Å². The van der Waals surface area contributed by atoms with Crippen LogP contribution in [-0.2, 0) is 11.3 Å². The van der Waals surface area contributed by atoms with Crippen LogP contribution in [0.15, 0.2) is 36.5 Å². The Hall–Kier alpha value is -1.57. The Bertz CT molecular complexity index is 521. The van der Waals surface area contributed by atoms with Gasteiger partial charge in [0.25, 0.3) is 0 Å². The largest absolute Gasteiger partial charge is 0.382 e. The predicted octanol–water partition coefficient (Wildman–Crippen LogP) is 1.71. The van der Waals surface area contributed by atoms with Crippen LogP contribution in [0.5, 0.6) is 0 Å². The van der Waals surface area contributed by atoms with E-state index in [1.54, 1.807) is 12.3 Å². The molecule has 1 aromatic carbocycles. The molecule has 0 aliphatic rings. The monoisotopic (exact) mass is 342 g/mol. The molecule has 2 rings (SSSR count). The maximum absolute atomic E-state index is 11.7. The number of amides is 1. The number of halogens is 1. The minimum Gasteiger partial charge on any atom is -0.382 e. The molecule has 0 spiro atoms. The van der Waals surface area contributed by atoms with E-state index in [0.29, 0.717) is 5.82 Å². The first-order chi connectivity index (χ1) is 8.13. The zero-order chi connectivity index (χ0) is 12.3. The van der Waals surface area contributed by atoms with E-state index in [9.17, 15) is 4.79 Å². The molecule has 0 saturated heterocycles. The standard InChI is InChI=1S/C11H11IN4O/c12-8-1-3-9(4-2-8)14-11(17)7-16-6-5-10(13)15-16/h1-6H,7H2,(H2,13,15)(H,14,17). The zero-order valence-electron chi connectivity index (χ0n) is 8.93. The number of anilines is 2. The van der Waals surface area contributed by atoms with Gasteiger partial charge in [0, 0.05) is 15.5 Å². The molecule has 0 radical (unpaired) electrons. The molecule has 88 valence electrons. The summed E-state index contributed by atoms with van der Waals surface area (Å²) in [6.07, 6.45) is 1.67. The van der Waals surface area contributed by atoms with E-state index in [-0.39, 0.29) is 12.5 Å². The van der Waals surface area contributed by atoms with Gasteiger partial charge in [0.1, 0.15) is 12.4 Å². The molecule has 2 aromatic rings. The number of aromatic nitrogens is 2. The Labute approximate surface area is 112 Å². The number of nitrogens with one attached hydrogen (secondary N) is 1. The summed E-state index contributed by atoms with van der Waals surface area (Å²) in [6.45, 7) is 0.156. The Balaban J connectivity index is 1.95. The van der Waals surface area contributed by atoms with Gasteiger partial charge in [-0.25, -0.2) is 0 Å². The summed E-state index contributed by atoms with van der Waals surface area (Å²) in [6, 6.07) is 9.23. The fourth-order valence-electron chi connectivity index (χ4n) is 1.35. The van der Waals surface area contributed by atoms with Gasteiger partial charge in [0.05, 0.1) is 0 Å². The fourth-order valence-corrected chi connectivity index (χ4v) is 1.71. The lowest BCUT2D eigenvalue weighted by atomic mass is 10.3. The number of carbonyl (C=O) groups is 1. The van der Waals surface area contributed by atoms with Gasteiger partial charge in [-0.05, 0) is 52.9 Å².